The SMILES string of the molecule is CC(C)(C)OC(=O)NCC(=O)N(Cc1cccnc1)C1CC1. The van der Waals surface area contributed by atoms with Crippen molar-refractivity contribution in [1.82, 2.24) is 15.2 Å². The molecule has 0 unspecified atom stereocenters. The topological polar surface area (TPSA) is 71.5 Å². The third kappa shape index (κ3) is 5.35. The van der Waals surface area contributed by atoms with Crippen molar-refractivity contribution in [2.45, 2.75) is 51.8 Å². The normalized spacial score (nSPS) is 14.3. The molecule has 0 bridgehead atoms. The highest BCUT2D eigenvalue weighted by Crippen LogP contribution is 2.28. The summed E-state index contributed by atoms with van der Waals surface area (Å²) >= 11 is 0. The van der Waals surface area contributed by atoms with Crippen LogP contribution >= 0.6 is 0 Å². The van der Waals surface area contributed by atoms with Crippen molar-refractivity contribution in [3.8, 4) is 0 Å². The summed E-state index contributed by atoms with van der Waals surface area (Å²) in [5, 5.41) is 2.52. The fourth-order valence-electron chi connectivity index (χ4n) is 2.06. The largest absolute Gasteiger partial charge is 0.444 e. The number of nitrogens with zero attached hydrogens (tertiary/aromatic N) is 2. The Morgan fingerprint density at radius 1 is 1.41 bits per heavy atom. The zero-order valence-corrected chi connectivity index (χ0v) is 13.3. The van der Waals surface area contributed by atoms with E-state index >= 15 is 0 Å². The van der Waals surface area contributed by atoms with Gasteiger partial charge in [0.1, 0.15) is 12.1 Å². The molecule has 0 saturated heterocycles. The van der Waals surface area contributed by atoms with Gasteiger partial charge in [0.05, 0.1) is 0 Å². The van der Waals surface area contributed by atoms with E-state index in [0.29, 0.717) is 6.54 Å². The van der Waals surface area contributed by atoms with Gasteiger partial charge in [-0.05, 0) is 45.2 Å². The van der Waals surface area contributed by atoms with Crippen molar-refractivity contribution < 1.29 is 14.3 Å². The molecule has 0 radical (unpaired) electrons. The van der Waals surface area contributed by atoms with Gasteiger partial charge in [-0.2, -0.15) is 0 Å². The number of alkyl carbamates (subject to hydrolysis) is 1. The van der Waals surface area contributed by atoms with Crippen LogP contribution in [0.1, 0.15) is 39.2 Å². The molecule has 1 aromatic heterocycles. The maximum absolute atomic E-state index is 12.3. The smallest absolute Gasteiger partial charge is 0.408 e. The van der Waals surface area contributed by atoms with Crippen LogP contribution in [-0.2, 0) is 16.1 Å². The molecule has 22 heavy (non-hydrogen) atoms. The van der Waals surface area contributed by atoms with E-state index in [0.717, 1.165) is 18.4 Å². The van der Waals surface area contributed by atoms with Gasteiger partial charge in [0.15, 0.2) is 0 Å². The first-order chi connectivity index (χ1) is 10.3. The van der Waals surface area contributed by atoms with Crippen LogP contribution < -0.4 is 5.32 Å². The second-order valence-corrected chi connectivity index (χ2v) is 6.47. The summed E-state index contributed by atoms with van der Waals surface area (Å²) in [5.41, 5.74) is 0.416. The minimum Gasteiger partial charge on any atom is -0.444 e. The van der Waals surface area contributed by atoms with E-state index in [4.69, 9.17) is 4.74 Å². The minimum atomic E-state index is -0.571. The molecule has 6 nitrogen and oxygen atoms in total. The van der Waals surface area contributed by atoms with Gasteiger partial charge in [-0.1, -0.05) is 6.07 Å². The van der Waals surface area contributed by atoms with Crippen LogP contribution in [0.5, 0.6) is 0 Å². The van der Waals surface area contributed by atoms with E-state index < -0.39 is 11.7 Å². The van der Waals surface area contributed by atoms with Gasteiger partial charge in [-0.3, -0.25) is 9.78 Å². The second kappa shape index (κ2) is 6.77. The molecule has 0 aliphatic heterocycles. The lowest BCUT2D eigenvalue weighted by Crippen LogP contribution is -2.42. The number of carbonyl (C=O) groups is 2. The van der Waals surface area contributed by atoms with Gasteiger partial charge < -0.3 is 15.0 Å². The zero-order chi connectivity index (χ0) is 16.2. The number of aromatic nitrogens is 1. The molecule has 1 N–H and O–H groups in total. The van der Waals surface area contributed by atoms with Crippen LogP contribution in [0.4, 0.5) is 4.79 Å². The van der Waals surface area contributed by atoms with Crippen LogP contribution in [0.25, 0.3) is 0 Å². The van der Waals surface area contributed by atoms with Crippen LogP contribution in [0, 0.1) is 0 Å². The number of hydrogen-bond donors (Lipinski definition) is 1. The number of carbonyl (C=O) groups excluding carboxylic acids is 2. The lowest BCUT2D eigenvalue weighted by atomic mass is 10.2. The number of ether oxygens (including phenoxy) is 1. The third-order valence-corrected chi connectivity index (χ3v) is 3.17. The Morgan fingerprint density at radius 2 is 2.14 bits per heavy atom. The Kier molecular flexibility index (Phi) is 5.00. The maximum Gasteiger partial charge on any atom is 0.408 e. The first-order valence-electron chi connectivity index (χ1n) is 7.50. The van der Waals surface area contributed by atoms with Gasteiger partial charge in [0.25, 0.3) is 0 Å². The molecule has 0 aromatic carbocycles. The van der Waals surface area contributed by atoms with Crippen LogP contribution in [0.15, 0.2) is 24.5 Å². The second-order valence-electron chi connectivity index (χ2n) is 6.47. The summed E-state index contributed by atoms with van der Waals surface area (Å²) in [4.78, 5) is 29.8. The number of hydrogen-bond acceptors (Lipinski definition) is 4. The molecule has 0 spiro atoms. The number of pyridine rings is 1. The summed E-state index contributed by atoms with van der Waals surface area (Å²) < 4.78 is 5.13. The van der Waals surface area contributed by atoms with Crippen molar-refractivity contribution in [2.24, 2.45) is 0 Å². The first-order valence-corrected chi connectivity index (χ1v) is 7.50. The Bertz CT molecular complexity index is 521. The molecule has 1 aliphatic carbocycles. The summed E-state index contributed by atoms with van der Waals surface area (Å²) in [6, 6.07) is 4.06. The molecular formula is C16H23N3O3. The van der Waals surface area contributed by atoms with Gasteiger partial charge in [0, 0.05) is 25.0 Å². The number of rotatable bonds is 5. The minimum absolute atomic E-state index is 0.0499. The fraction of sp³-hybridized carbons (Fsp3) is 0.562. The summed E-state index contributed by atoms with van der Waals surface area (Å²) in [6.45, 7) is 5.83. The van der Waals surface area contributed by atoms with Crippen LogP contribution in [-0.4, -0.2) is 40.1 Å². The van der Waals surface area contributed by atoms with E-state index in [9.17, 15) is 9.59 Å². The predicted molar refractivity (Wildman–Crippen MR) is 82.0 cm³/mol. The Balaban J connectivity index is 1.87. The van der Waals surface area contributed by atoms with Crippen molar-refractivity contribution >= 4 is 12.0 Å². The van der Waals surface area contributed by atoms with Crippen LogP contribution in [0.2, 0.25) is 0 Å². The zero-order valence-electron chi connectivity index (χ0n) is 13.3. The van der Waals surface area contributed by atoms with Gasteiger partial charge in [-0.25, -0.2) is 4.79 Å². The molecule has 0 atom stereocenters. The average molecular weight is 305 g/mol. The molecule has 6 heteroatoms. The monoisotopic (exact) mass is 305 g/mol. The standard InChI is InChI=1S/C16H23N3O3/c1-16(2,3)22-15(21)18-10-14(20)19(13-6-7-13)11-12-5-4-8-17-9-12/h4-5,8-9,13H,6-7,10-11H2,1-3H3,(H,18,21). The highest BCUT2D eigenvalue weighted by molar-refractivity contribution is 5.82. The Morgan fingerprint density at radius 3 is 2.68 bits per heavy atom. The lowest BCUT2D eigenvalue weighted by molar-refractivity contribution is -0.131. The molecule has 1 heterocycles. The van der Waals surface area contributed by atoms with E-state index in [1.807, 2.05) is 12.1 Å². The van der Waals surface area contributed by atoms with E-state index in [1.54, 1.807) is 38.1 Å². The maximum atomic E-state index is 12.3. The van der Waals surface area contributed by atoms with Gasteiger partial charge in [-0.15, -0.1) is 0 Å². The van der Waals surface area contributed by atoms with Gasteiger partial charge >= 0.3 is 6.09 Å². The molecule has 1 fully saturated rings. The lowest BCUT2D eigenvalue weighted by Gasteiger charge is -2.24. The quantitative estimate of drug-likeness (QED) is 0.904. The Hall–Kier alpha value is -2.11. The highest BCUT2D eigenvalue weighted by Gasteiger charge is 2.32. The molecule has 1 saturated carbocycles. The molecule has 2 amide bonds. The van der Waals surface area contributed by atoms with Crippen molar-refractivity contribution in [1.29, 1.82) is 0 Å². The average Bonchev–Trinajstić information content (AvgIpc) is 3.26. The molecule has 1 aliphatic rings. The first kappa shape index (κ1) is 16.3. The molecule has 120 valence electrons. The molecule has 1 aromatic rings. The third-order valence-electron chi connectivity index (χ3n) is 3.17. The van der Waals surface area contributed by atoms with Crippen molar-refractivity contribution in [3.63, 3.8) is 0 Å². The Labute approximate surface area is 130 Å². The number of nitrogens with one attached hydrogen (secondary N) is 1. The number of amides is 2. The summed E-state index contributed by atoms with van der Waals surface area (Å²) in [5.74, 6) is -0.0998. The molecular weight excluding hydrogens is 282 g/mol. The predicted octanol–water partition coefficient (Wildman–Crippen LogP) is 2.10. The van der Waals surface area contributed by atoms with Crippen molar-refractivity contribution in [3.05, 3.63) is 30.1 Å². The van der Waals surface area contributed by atoms with Gasteiger partial charge in [0.2, 0.25) is 5.91 Å². The van der Waals surface area contributed by atoms with Crippen molar-refractivity contribution in [2.75, 3.05) is 6.54 Å². The van der Waals surface area contributed by atoms with Crippen LogP contribution in [0.3, 0.4) is 0 Å². The molecule has 2 rings (SSSR count). The van der Waals surface area contributed by atoms with E-state index in [-0.39, 0.29) is 18.5 Å². The van der Waals surface area contributed by atoms with E-state index in [1.165, 1.54) is 0 Å². The highest BCUT2D eigenvalue weighted by atomic mass is 16.6. The summed E-state index contributed by atoms with van der Waals surface area (Å²) in [7, 11) is 0. The summed E-state index contributed by atoms with van der Waals surface area (Å²) in [6.07, 6.45) is 4.91. The van der Waals surface area contributed by atoms with E-state index in [2.05, 4.69) is 10.3 Å². The fourth-order valence-corrected chi connectivity index (χ4v) is 2.06.